The predicted molar refractivity (Wildman–Crippen MR) is 59.9 cm³/mol. The lowest BCUT2D eigenvalue weighted by atomic mass is 10.1. The number of halogens is 4. The van der Waals surface area contributed by atoms with Gasteiger partial charge in [-0.05, 0) is 5.56 Å². The zero-order valence-corrected chi connectivity index (χ0v) is 9.71. The highest BCUT2D eigenvalue weighted by Crippen LogP contribution is 2.39. The maximum Gasteiger partial charge on any atom is 0.192 e. The minimum atomic E-state index is -1.29. The van der Waals surface area contributed by atoms with Crippen LogP contribution < -0.4 is 0 Å². The molecule has 0 bridgehead atoms. The van der Waals surface area contributed by atoms with E-state index in [1.807, 2.05) is 30.3 Å². The average Bonchev–Trinajstić information content (AvgIpc) is 2.03. The van der Waals surface area contributed by atoms with Gasteiger partial charge in [-0.25, -0.2) is 0 Å². The summed E-state index contributed by atoms with van der Waals surface area (Å²) in [6.07, 6.45) is 0.309. The van der Waals surface area contributed by atoms with Crippen LogP contribution in [0.1, 0.15) is 17.4 Å². The van der Waals surface area contributed by atoms with Crippen molar-refractivity contribution >= 4 is 46.4 Å². The fraction of sp³-hybridized carbons (Fsp3) is 0.333. The van der Waals surface area contributed by atoms with Crippen molar-refractivity contribution in [3.63, 3.8) is 0 Å². The number of hydrogen-bond acceptors (Lipinski definition) is 0. The van der Waals surface area contributed by atoms with Gasteiger partial charge in [-0.2, -0.15) is 0 Å². The van der Waals surface area contributed by atoms with E-state index in [0.29, 0.717) is 6.42 Å². The monoisotopic (exact) mass is 256 g/mol. The number of rotatable bonds is 2. The Kier molecular flexibility index (Phi) is 4.18. The van der Waals surface area contributed by atoms with Gasteiger partial charge in [0.05, 0.1) is 5.38 Å². The van der Waals surface area contributed by atoms with Crippen LogP contribution >= 0.6 is 46.4 Å². The Bertz CT molecular complexity index is 252. The lowest BCUT2D eigenvalue weighted by Crippen LogP contribution is -2.06. The highest BCUT2D eigenvalue weighted by Gasteiger charge is 2.24. The molecular formula is C9H8Cl4. The fourth-order valence-electron chi connectivity index (χ4n) is 0.983. The first kappa shape index (κ1) is 11.5. The van der Waals surface area contributed by atoms with Gasteiger partial charge in [0.2, 0.25) is 0 Å². The molecule has 0 aliphatic carbocycles. The summed E-state index contributed by atoms with van der Waals surface area (Å²) in [6.45, 7) is 0. The first-order valence-corrected chi connectivity index (χ1v) is 5.32. The van der Waals surface area contributed by atoms with Gasteiger partial charge in [0.15, 0.2) is 3.79 Å². The van der Waals surface area contributed by atoms with Crippen LogP contribution in [0.25, 0.3) is 0 Å². The van der Waals surface area contributed by atoms with Gasteiger partial charge in [0.25, 0.3) is 0 Å². The van der Waals surface area contributed by atoms with E-state index in [4.69, 9.17) is 46.4 Å². The third kappa shape index (κ3) is 4.42. The van der Waals surface area contributed by atoms with Gasteiger partial charge in [-0.3, -0.25) is 0 Å². The molecule has 0 radical (unpaired) electrons. The Morgan fingerprint density at radius 1 is 1.08 bits per heavy atom. The summed E-state index contributed by atoms with van der Waals surface area (Å²) in [4.78, 5) is 0. The largest absolute Gasteiger partial charge is 0.192 e. The maximum absolute atomic E-state index is 6.04. The van der Waals surface area contributed by atoms with E-state index in [1.165, 1.54) is 0 Å². The molecule has 1 unspecified atom stereocenters. The van der Waals surface area contributed by atoms with Crippen molar-refractivity contribution in [2.24, 2.45) is 0 Å². The Morgan fingerprint density at radius 3 is 2.08 bits per heavy atom. The topological polar surface area (TPSA) is 0 Å². The summed E-state index contributed by atoms with van der Waals surface area (Å²) >= 11 is 22.9. The standard InChI is InChI=1S/C9H8Cl4/c10-8(6-9(11,12)13)7-4-2-1-3-5-7/h1-5,8H,6H2. The highest BCUT2D eigenvalue weighted by molar-refractivity contribution is 6.67. The van der Waals surface area contributed by atoms with Gasteiger partial charge >= 0.3 is 0 Å². The highest BCUT2D eigenvalue weighted by atomic mass is 35.6. The maximum atomic E-state index is 6.04. The van der Waals surface area contributed by atoms with Crippen molar-refractivity contribution in [2.75, 3.05) is 0 Å². The van der Waals surface area contributed by atoms with Gasteiger partial charge in [-0.1, -0.05) is 65.1 Å². The summed E-state index contributed by atoms with van der Waals surface area (Å²) in [5, 5.41) is -0.256. The molecule has 0 saturated heterocycles. The molecule has 0 fully saturated rings. The van der Waals surface area contributed by atoms with E-state index in [0.717, 1.165) is 5.56 Å². The van der Waals surface area contributed by atoms with Crippen molar-refractivity contribution in [1.82, 2.24) is 0 Å². The molecule has 0 aromatic heterocycles. The molecule has 4 heteroatoms. The molecule has 0 N–H and O–H groups in total. The molecule has 0 aliphatic rings. The van der Waals surface area contributed by atoms with Crippen LogP contribution in [0.4, 0.5) is 0 Å². The molecule has 1 rings (SSSR count). The number of alkyl halides is 4. The van der Waals surface area contributed by atoms with Gasteiger partial charge in [0, 0.05) is 6.42 Å². The SMILES string of the molecule is ClC(CC(Cl)(Cl)Cl)c1ccccc1. The molecule has 0 spiro atoms. The van der Waals surface area contributed by atoms with Gasteiger partial charge in [0.1, 0.15) is 0 Å². The van der Waals surface area contributed by atoms with Crippen molar-refractivity contribution in [2.45, 2.75) is 15.6 Å². The second kappa shape index (κ2) is 4.75. The Labute approximate surface area is 97.7 Å². The Hall–Kier alpha value is 0.380. The predicted octanol–water partition coefficient (Wildman–Crippen LogP) is 4.73. The van der Waals surface area contributed by atoms with Crippen LogP contribution in [0.3, 0.4) is 0 Å². The summed E-state index contributed by atoms with van der Waals surface area (Å²) < 4.78 is -1.29. The minimum Gasteiger partial charge on any atom is -0.118 e. The van der Waals surface area contributed by atoms with Crippen LogP contribution in [0.15, 0.2) is 30.3 Å². The van der Waals surface area contributed by atoms with E-state index >= 15 is 0 Å². The van der Waals surface area contributed by atoms with Crippen molar-refractivity contribution in [3.8, 4) is 0 Å². The normalized spacial score (nSPS) is 14.2. The van der Waals surface area contributed by atoms with Crippen LogP contribution in [-0.4, -0.2) is 3.79 Å². The Balaban J connectivity index is 2.64. The molecule has 0 nitrogen and oxygen atoms in total. The van der Waals surface area contributed by atoms with E-state index in [1.54, 1.807) is 0 Å². The lowest BCUT2D eigenvalue weighted by Gasteiger charge is -2.15. The zero-order valence-electron chi connectivity index (χ0n) is 6.68. The molecule has 0 heterocycles. The number of benzene rings is 1. The minimum absolute atomic E-state index is 0.256. The molecule has 1 aromatic carbocycles. The first-order chi connectivity index (χ1) is 5.99. The van der Waals surface area contributed by atoms with Crippen LogP contribution in [-0.2, 0) is 0 Å². The third-order valence-corrected chi connectivity index (χ3v) is 2.44. The molecule has 72 valence electrons. The summed E-state index contributed by atoms with van der Waals surface area (Å²) in [6, 6.07) is 9.55. The molecular weight excluding hydrogens is 250 g/mol. The van der Waals surface area contributed by atoms with E-state index in [9.17, 15) is 0 Å². The molecule has 1 aromatic rings. The second-order valence-corrected chi connectivity index (χ2v) is 5.74. The second-order valence-electron chi connectivity index (χ2n) is 2.70. The van der Waals surface area contributed by atoms with Crippen LogP contribution in [0, 0.1) is 0 Å². The Morgan fingerprint density at radius 2 is 1.62 bits per heavy atom. The third-order valence-electron chi connectivity index (χ3n) is 1.57. The van der Waals surface area contributed by atoms with Crippen LogP contribution in [0.5, 0.6) is 0 Å². The fourth-order valence-corrected chi connectivity index (χ4v) is 2.06. The number of hydrogen-bond donors (Lipinski definition) is 0. The summed E-state index contributed by atoms with van der Waals surface area (Å²) in [5.74, 6) is 0. The van der Waals surface area contributed by atoms with E-state index in [2.05, 4.69) is 0 Å². The van der Waals surface area contributed by atoms with Crippen LogP contribution in [0.2, 0.25) is 0 Å². The van der Waals surface area contributed by atoms with Gasteiger partial charge in [-0.15, -0.1) is 11.6 Å². The van der Waals surface area contributed by atoms with Crippen molar-refractivity contribution in [1.29, 1.82) is 0 Å². The molecule has 13 heavy (non-hydrogen) atoms. The smallest absolute Gasteiger partial charge is 0.118 e. The molecule has 0 saturated carbocycles. The summed E-state index contributed by atoms with van der Waals surface area (Å²) in [5.41, 5.74) is 0.968. The zero-order chi connectivity index (χ0) is 9.90. The molecule has 0 amide bonds. The average molecular weight is 258 g/mol. The van der Waals surface area contributed by atoms with Gasteiger partial charge < -0.3 is 0 Å². The summed E-state index contributed by atoms with van der Waals surface area (Å²) in [7, 11) is 0. The lowest BCUT2D eigenvalue weighted by molar-refractivity contribution is 0.821. The molecule has 1 atom stereocenters. The molecule has 0 aliphatic heterocycles. The van der Waals surface area contributed by atoms with Crippen molar-refractivity contribution in [3.05, 3.63) is 35.9 Å². The first-order valence-electron chi connectivity index (χ1n) is 3.75. The van der Waals surface area contributed by atoms with E-state index in [-0.39, 0.29) is 5.38 Å². The van der Waals surface area contributed by atoms with Crippen molar-refractivity contribution < 1.29 is 0 Å². The quantitative estimate of drug-likeness (QED) is 0.673. The van der Waals surface area contributed by atoms with E-state index < -0.39 is 3.79 Å².